The minimum absolute atomic E-state index is 0.0922. The molecule has 1 N–H and O–H groups in total. The second-order valence-electron chi connectivity index (χ2n) is 5.99. The van der Waals surface area contributed by atoms with Gasteiger partial charge in [0.15, 0.2) is 0 Å². The first-order valence-corrected chi connectivity index (χ1v) is 8.30. The number of benzene rings is 2. The third kappa shape index (κ3) is 2.95. The van der Waals surface area contributed by atoms with Crippen molar-refractivity contribution in [3.8, 4) is 5.75 Å². The fourth-order valence-electron chi connectivity index (χ4n) is 3.18. The van der Waals surface area contributed by atoms with E-state index in [0.29, 0.717) is 25.4 Å². The molecule has 1 saturated heterocycles. The first kappa shape index (κ1) is 15.0. The van der Waals surface area contributed by atoms with Crippen molar-refractivity contribution in [1.82, 2.24) is 0 Å². The number of amides is 1. The summed E-state index contributed by atoms with van der Waals surface area (Å²) in [6.45, 7) is 3.80. The van der Waals surface area contributed by atoms with Gasteiger partial charge in [0.25, 0.3) is 5.91 Å². The Morgan fingerprint density at radius 1 is 1.04 bits per heavy atom. The molecule has 2 aliphatic heterocycles. The maximum atomic E-state index is 12.7. The van der Waals surface area contributed by atoms with Gasteiger partial charge in [-0.2, -0.15) is 0 Å². The molecule has 0 saturated carbocycles. The molecule has 0 radical (unpaired) electrons. The highest BCUT2D eigenvalue weighted by Gasteiger charge is 2.18. The number of carbonyl (C=O) groups excluding carboxylic acids is 1. The van der Waals surface area contributed by atoms with Crippen LogP contribution in [0.5, 0.6) is 5.75 Å². The van der Waals surface area contributed by atoms with Crippen LogP contribution < -0.4 is 15.0 Å². The number of para-hydroxylation sites is 2. The second-order valence-corrected chi connectivity index (χ2v) is 5.99. The minimum atomic E-state index is -0.0922. The van der Waals surface area contributed by atoms with Crippen molar-refractivity contribution < 1.29 is 14.3 Å². The van der Waals surface area contributed by atoms with Gasteiger partial charge >= 0.3 is 0 Å². The van der Waals surface area contributed by atoms with Gasteiger partial charge in [0.1, 0.15) is 5.75 Å². The van der Waals surface area contributed by atoms with Gasteiger partial charge in [0.2, 0.25) is 0 Å². The zero-order valence-electron chi connectivity index (χ0n) is 13.5. The predicted molar refractivity (Wildman–Crippen MR) is 93.1 cm³/mol. The highest BCUT2D eigenvalue weighted by atomic mass is 16.5. The normalized spacial score (nSPS) is 16.4. The van der Waals surface area contributed by atoms with Crippen molar-refractivity contribution >= 4 is 17.3 Å². The molecule has 4 rings (SSSR count). The van der Waals surface area contributed by atoms with Gasteiger partial charge in [-0.15, -0.1) is 0 Å². The number of morpholine rings is 1. The second kappa shape index (κ2) is 6.53. The fourth-order valence-corrected chi connectivity index (χ4v) is 3.18. The largest absolute Gasteiger partial charge is 0.493 e. The van der Waals surface area contributed by atoms with Crippen molar-refractivity contribution in [2.75, 3.05) is 43.1 Å². The highest BCUT2D eigenvalue weighted by molar-refractivity contribution is 6.06. The lowest BCUT2D eigenvalue weighted by Gasteiger charge is -2.30. The van der Waals surface area contributed by atoms with Gasteiger partial charge in [0.05, 0.1) is 31.2 Å². The van der Waals surface area contributed by atoms with Crippen molar-refractivity contribution in [1.29, 1.82) is 0 Å². The van der Waals surface area contributed by atoms with Crippen LogP contribution in [0.15, 0.2) is 42.5 Å². The van der Waals surface area contributed by atoms with Gasteiger partial charge in [-0.3, -0.25) is 4.79 Å². The monoisotopic (exact) mass is 324 g/mol. The quantitative estimate of drug-likeness (QED) is 0.943. The van der Waals surface area contributed by atoms with Gasteiger partial charge in [-0.1, -0.05) is 12.1 Å². The summed E-state index contributed by atoms with van der Waals surface area (Å²) >= 11 is 0. The zero-order chi connectivity index (χ0) is 16.4. The Bertz CT molecular complexity index is 754. The van der Waals surface area contributed by atoms with E-state index in [1.165, 1.54) is 0 Å². The van der Waals surface area contributed by atoms with Crippen LogP contribution in [0.2, 0.25) is 0 Å². The van der Waals surface area contributed by atoms with Crippen LogP contribution in [0.3, 0.4) is 0 Å². The number of carbonyl (C=O) groups is 1. The third-order valence-electron chi connectivity index (χ3n) is 4.46. The van der Waals surface area contributed by atoms with Gasteiger partial charge in [0, 0.05) is 25.1 Å². The molecular formula is C19H20N2O3. The molecular weight excluding hydrogens is 304 g/mol. The lowest BCUT2D eigenvalue weighted by Crippen LogP contribution is -2.36. The summed E-state index contributed by atoms with van der Waals surface area (Å²) in [5.74, 6) is 0.797. The molecule has 2 aromatic rings. The molecule has 0 aromatic heterocycles. The van der Waals surface area contributed by atoms with Crippen LogP contribution in [0.1, 0.15) is 15.9 Å². The smallest absolute Gasteiger partial charge is 0.255 e. The van der Waals surface area contributed by atoms with Gasteiger partial charge < -0.3 is 19.7 Å². The summed E-state index contributed by atoms with van der Waals surface area (Å²) in [7, 11) is 0. The fraction of sp³-hybridized carbons (Fsp3) is 0.316. The number of ether oxygens (including phenoxy) is 2. The molecule has 0 unspecified atom stereocenters. The van der Waals surface area contributed by atoms with Crippen LogP contribution >= 0.6 is 0 Å². The molecule has 5 heteroatoms. The van der Waals surface area contributed by atoms with Gasteiger partial charge in [-0.25, -0.2) is 0 Å². The van der Waals surface area contributed by atoms with E-state index in [1.807, 2.05) is 42.5 Å². The molecule has 0 aliphatic carbocycles. The van der Waals surface area contributed by atoms with E-state index in [-0.39, 0.29) is 5.91 Å². The molecule has 0 bridgehead atoms. The number of nitrogens with one attached hydrogen (secondary N) is 1. The molecule has 24 heavy (non-hydrogen) atoms. The summed E-state index contributed by atoms with van der Waals surface area (Å²) in [4.78, 5) is 14.9. The van der Waals surface area contributed by atoms with E-state index in [0.717, 1.165) is 42.2 Å². The van der Waals surface area contributed by atoms with Crippen molar-refractivity contribution in [3.05, 3.63) is 53.6 Å². The molecule has 2 aliphatic rings. The Labute approximate surface area is 141 Å². The molecule has 1 fully saturated rings. The molecule has 1 amide bonds. The van der Waals surface area contributed by atoms with Crippen molar-refractivity contribution in [2.24, 2.45) is 0 Å². The summed E-state index contributed by atoms with van der Waals surface area (Å²) < 4.78 is 10.9. The Kier molecular flexibility index (Phi) is 4.09. The number of hydrogen-bond acceptors (Lipinski definition) is 4. The molecule has 0 atom stereocenters. The van der Waals surface area contributed by atoms with Crippen LogP contribution in [-0.4, -0.2) is 38.8 Å². The van der Waals surface area contributed by atoms with E-state index in [9.17, 15) is 4.79 Å². The maximum absolute atomic E-state index is 12.7. The van der Waals surface area contributed by atoms with E-state index >= 15 is 0 Å². The Balaban J connectivity index is 1.55. The predicted octanol–water partition coefficient (Wildman–Crippen LogP) is 2.71. The summed E-state index contributed by atoms with van der Waals surface area (Å²) in [6.07, 6.45) is 0.862. The average molecular weight is 324 g/mol. The standard InChI is InChI=1S/C19H20N2O3/c22-19(15-5-6-18-14(13-15)7-10-24-18)20-16-3-1-2-4-17(16)21-8-11-23-12-9-21/h1-6,13H,7-12H2,(H,20,22). The molecule has 124 valence electrons. The van der Waals surface area contributed by atoms with E-state index in [4.69, 9.17) is 9.47 Å². The third-order valence-corrected chi connectivity index (χ3v) is 4.46. The Hall–Kier alpha value is -2.53. The molecule has 0 spiro atoms. The first-order chi connectivity index (χ1) is 11.8. The number of fused-ring (bicyclic) bond motifs is 1. The van der Waals surface area contributed by atoms with Crippen LogP contribution in [0, 0.1) is 0 Å². The summed E-state index contributed by atoms with van der Waals surface area (Å²) in [5.41, 5.74) is 3.64. The number of nitrogens with zero attached hydrogens (tertiary/aromatic N) is 1. The van der Waals surface area contributed by atoms with Crippen molar-refractivity contribution in [3.63, 3.8) is 0 Å². The van der Waals surface area contributed by atoms with Gasteiger partial charge in [-0.05, 0) is 35.9 Å². The lowest BCUT2D eigenvalue weighted by molar-refractivity contribution is 0.102. The molecule has 2 aromatic carbocycles. The van der Waals surface area contributed by atoms with Crippen LogP contribution in [-0.2, 0) is 11.2 Å². The first-order valence-electron chi connectivity index (χ1n) is 8.30. The Morgan fingerprint density at radius 2 is 1.88 bits per heavy atom. The van der Waals surface area contributed by atoms with Crippen LogP contribution in [0.25, 0.3) is 0 Å². The van der Waals surface area contributed by atoms with E-state index in [2.05, 4.69) is 10.2 Å². The molecule has 5 nitrogen and oxygen atoms in total. The zero-order valence-corrected chi connectivity index (χ0v) is 13.5. The molecule has 2 heterocycles. The summed E-state index contributed by atoms with van der Waals surface area (Å²) in [6, 6.07) is 13.5. The summed E-state index contributed by atoms with van der Waals surface area (Å²) in [5, 5.41) is 3.05. The highest BCUT2D eigenvalue weighted by Crippen LogP contribution is 2.29. The number of anilines is 2. The number of rotatable bonds is 3. The number of hydrogen-bond donors (Lipinski definition) is 1. The lowest BCUT2D eigenvalue weighted by atomic mass is 10.1. The van der Waals surface area contributed by atoms with E-state index < -0.39 is 0 Å². The Morgan fingerprint density at radius 3 is 2.75 bits per heavy atom. The van der Waals surface area contributed by atoms with E-state index in [1.54, 1.807) is 0 Å². The maximum Gasteiger partial charge on any atom is 0.255 e. The SMILES string of the molecule is O=C(Nc1ccccc1N1CCOCC1)c1ccc2c(c1)CCO2. The average Bonchev–Trinajstić information content (AvgIpc) is 3.10. The van der Waals surface area contributed by atoms with Crippen molar-refractivity contribution in [2.45, 2.75) is 6.42 Å². The topological polar surface area (TPSA) is 50.8 Å². The minimum Gasteiger partial charge on any atom is -0.493 e. The van der Waals surface area contributed by atoms with Crippen LogP contribution in [0.4, 0.5) is 11.4 Å².